The minimum Gasteiger partial charge on any atom is -0.356 e. The van der Waals surface area contributed by atoms with Gasteiger partial charge in [0.05, 0.1) is 0 Å². The summed E-state index contributed by atoms with van der Waals surface area (Å²) in [6.45, 7) is 6.10. The van der Waals surface area contributed by atoms with E-state index in [2.05, 4.69) is 37.6 Å². The third kappa shape index (κ3) is 6.31. The lowest BCUT2D eigenvalue weighted by Crippen LogP contribution is -2.45. The smallest absolute Gasteiger partial charge is 0.228 e. The van der Waals surface area contributed by atoms with Crippen molar-refractivity contribution < 1.29 is 4.52 Å². The van der Waals surface area contributed by atoms with Crippen LogP contribution in [0.2, 0.25) is 5.02 Å². The number of halogens is 2. The van der Waals surface area contributed by atoms with Gasteiger partial charge in [-0.3, -0.25) is 9.89 Å². The molecule has 7 nitrogen and oxygen atoms in total. The number of likely N-dealkylation sites (N-methyl/N-ethyl adjacent to an activating group) is 1. The molecule has 0 saturated carbocycles. The Balaban J connectivity index is 0.00000280. The van der Waals surface area contributed by atoms with Crippen molar-refractivity contribution in [2.45, 2.75) is 32.2 Å². The van der Waals surface area contributed by atoms with Crippen molar-refractivity contribution >= 4 is 41.5 Å². The zero-order chi connectivity index (χ0) is 19.1. The molecule has 0 bridgehead atoms. The molecule has 1 saturated heterocycles. The summed E-state index contributed by atoms with van der Waals surface area (Å²) in [6, 6.07) is 7.97. The monoisotopic (exact) mass is 518 g/mol. The van der Waals surface area contributed by atoms with Crippen LogP contribution >= 0.6 is 35.6 Å². The molecule has 1 fully saturated rings. The highest BCUT2D eigenvalue weighted by molar-refractivity contribution is 14.0. The molecule has 2 N–H and O–H groups in total. The second kappa shape index (κ2) is 11.6. The molecule has 0 amide bonds. The zero-order valence-electron chi connectivity index (χ0n) is 16.3. The fourth-order valence-corrected chi connectivity index (χ4v) is 3.46. The number of nitrogens with one attached hydrogen (secondary N) is 2. The highest BCUT2D eigenvalue weighted by Crippen LogP contribution is 2.18. The van der Waals surface area contributed by atoms with Crippen LogP contribution in [0.3, 0.4) is 0 Å². The summed E-state index contributed by atoms with van der Waals surface area (Å²) in [5.74, 6) is 1.97. The molecule has 1 atom stereocenters. The van der Waals surface area contributed by atoms with Crippen molar-refractivity contribution in [2.24, 2.45) is 4.99 Å². The number of benzene rings is 1. The number of guanidine groups is 1. The van der Waals surface area contributed by atoms with Crippen molar-refractivity contribution in [3.05, 3.63) is 35.2 Å². The van der Waals surface area contributed by atoms with Gasteiger partial charge < -0.3 is 15.2 Å². The average Bonchev–Trinajstić information content (AvgIpc) is 3.34. The van der Waals surface area contributed by atoms with Crippen LogP contribution in [0.4, 0.5) is 0 Å². The lowest BCUT2D eigenvalue weighted by atomic mass is 10.2. The van der Waals surface area contributed by atoms with E-state index in [0.717, 1.165) is 24.6 Å². The molecule has 154 valence electrons. The first kappa shape index (κ1) is 22.9. The van der Waals surface area contributed by atoms with Crippen molar-refractivity contribution in [2.75, 3.05) is 33.2 Å². The third-order valence-electron chi connectivity index (χ3n) is 4.84. The Morgan fingerprint density at radius 1 is 1.32 bits per heavy atom. The SMILES string of the molecule is CCN1CCCC1CNC(=NC)NCCc1nc(-c2ccc(Cl)cc2)no1.I. The Kier molecular flexibility index (Phi) is 9.46. The van der Waals surface area contributed by atoms with Gasteiger partial charge in [0.15, 0.2) is 5.96 Å². The lowest BCUT2D eigenvalue weighted by molar-refractivity contribution is 0.267. The van der Waals surface area contributed by atoms with Crippen LogP contribution in [0.5, 0.6) is 0 Å². The first-order valence-electron chi connectivity index (χ1n) is 9.46. The second-order valence-corrected chi connectivity index (χ2v) is 7.01. The maximum atomic E-state index is 5.91. The summed E-state index contributed by atoms with van der Waals surface area (Å²) in [6.07, 6.45) is 3.15. The van der Waals surface area contributed by atoms with E-state index in [1.165, 1.54) is 19.4 Å². The van der Waals surface area contributed by atoms with Crippen molar-refractivity contribution in [3.63, 3.8) is 0 Å². The Hall–Kier alpha value is -1.39. The van der Waals surface area contributed by atoms with Crippen LogP contribution in [0.1, 0.15) is 25.7 Å². The first-order chi connectivity index (χ1) is 13.2. The highest BCUT2D eigenvalue weighted by atomic mass is 127. The Morgan fingerprint density at radius 2 is 2.11 bits per heavy atom. The van der Waals surface area contributed by atoms with Gasteiger partial charge in [-0.25, -0.2) is 0 Å². The normalized spacial score (nSPS) is 17.4. The minimum absolute atomic E-state index is 0. The van der Waals surface area contributed by atoms with Gasteiger partial charge in [-0.05, 0) is 50.2 Å². The summed E-state index contributed by atoms with van der Waals surface area (Å²) in [5.41, 5.74) is 0.886. The lowest BCUT2D eigenvalue weighted by Gasteiger charge is -2.23. The number of likely N-dealkylation sites (tertiary alicyclic amines) is 1. The van der Waals surface area contributed by atoms with Gasteiger partial charge in [-0.15, -0.1) is 24.0 Å². The summed E-state index contributed by atoms with van der Waals surface area (Å²) in [5, 5.41) is 11.4. The molecule has 1 aromatic carbocycles. The Morgan fingerprint density at radius 3 is 2.82 bits per heavy atom. The van der Waals surface area contributed by atoms with E-state index in [-0.39, 0.29) is 24.0 Å². The third-order valence-corrected chi connectivity index (χ3v) is 5.09. The fourth-order valence-electron chi connectivity index (χ4n) is 3.34. The largest absolute Gasteiger partial charge is 0.356 e. The molecule has 28 heavy (non-hydrogen) atoms. The summed E-state index contributed by atoms with van der Waals surface area (Å²) >= 11 is 5.91. The van der Waals surface area contributed by atoms with Crippen LogP contribution < -0.4 is 10.6 Å². The molecule has 1 aliphatic rings. The molecule has 0 aliphatic carbocycles. The molecular weight excluding hydrogens is 491 g/mol. The van der Waals surface area contributed by atoms with E-state index in [9.17, 15) is 0 Å². The molecule has 9 heteroatoms. The highest BCUT2D eigenvalue weighted by Gasteiger charge is 2.22. The Labute approximate surface area is 188 Å². The van der Waals surface area contributed by atoms with Gasteiger partial charge in [0.1, 0.15) is 0 Å². The number of aromatic nitrogens is 2. The number of hydrogen-bond acceptors (Lipinski definition) is 5. The van der Waals surface area contributed by atoms with Crippen molar-refractivity contribution in [3.8, 4) is 11.4 Å². The molecular formula is C19H28ClIN6O. The van der Waals surface area contributed by atoms with Gasteiger partial charge in [-0.2, -0.15) is 4.98 Å². The summed E-state index contributed by atoms with van der Waals surface area (Å²) in [7, 11) is 1.78. The van der Waals surface area contributed by atoms with Gasteiger partial charge in [0.25, 0.3) is 0 Å². The van der Waals surface area contributed by atoms with Gasteiger partial charge in [0.2, 0.25) is 11.7 Å². The van der Waals surface area contributed by atoms with E-state index < -0.39 is 0 Å². The predicted molar refractivity (Wildman–Crippen MR) is 123 cm³/mol. The standard InChI is InChI=1S/C19H27ClN6O.HI/c1-3-26-12-4-5-16(26)13-23-19(21-2)22-11-10-17-24-18(25-27-17)14-6-8-15(20)9-7-14;/h6-9,16H,3-5,10-13H2,1-2H3,(H2,21,22,23);1H. The molecule has 0 spiro atoms. The van der Waals surface area contributed by atoms with E-state index in [1.807, 2.05) is 24.3 Å². The van der Waals surface area contributed by atoms with E-state index in [0.29, 0.717) is 35.7 Å². The van der Waals surface area contributed by atoms with Crippen molar-refractivity contribution in [1.29, 1.82) is 0 Å². The fraction of sp³-hybridized carbons (Fsp3) is 0.526. The number of hydrogen-bond donors (Lipinski definition) is 2. The van der Waals surface area contributed by atoms with Crippen LogP contribution in [-0.4, -0.2) is 60.3 Å². The molecule has 1 aliphatic heterocycles. The summed E-state index contributed by atoms with van der Waals surface area (Å²) in [4.78, 5) is 11.2. The van der Waals surface area contributed by atoms with Crippen LogP contribution in [0, 0.1) is 0 Å². The van der Waals surface area contributed by atoms with Gasteiger partial charge in [-0.1, -0.05) is 23.7 Å². The van der Waals surface area contributed by atoms with Crippen LogP contribution in [0.15, 0.2) is 33.8 Å². The zero-order valence-corrected chi connectivity index (χ0v) is 19.4. The maximum absolute atomic E-state index is 5.91. The quantitative estimate of drug-likeness (QED) is 0.333. The molecule has 1 aromatic heterocycles. The molecule has 1 unspecified atom stereocenters. The second-order valence-electron chi connectivity index (χ2n) is 6.57. The van der Waals surface area contributed by atoms with Gasteiger partial charge >= 0.3 is 0 Å². The first-order valence-corrected chi connectivity index (χ1v) is 9.84. The Bertz CT molecular complexity index is 751. The van der Waals surface area contributed by atoms with Crippen molar-refractivity contribution in [1.82, 2.24) is 25.7 Å². The van der Waals surface area contributed by atoms with Crippen LogP contribution in [0.25, 0.3) is 11.4 Å². The molecule has 0 radical (unpaired) electrons. The average molecular weight is 519 g/mol. The number of aliphatic imine (C=N–C) groups is 1. The number of nitrogens with zero attached hydrogens (tertiary/aromatic N) is 4. The van der Waals surface area contributed by atoms with E-state index in [4.69, 9.17) is 16.1 Å². The molecule has 3 rings (SSSR count). The number of rotatable bonds is 7. The predicted octanol–water partition coefficient (Wildman–Crippen LogP) is 3.20. The van der Waals surface area contributed by atoms with E-state index in [1.54, 1.807) is 7.05 Å². The maximum Gasteiger partial charge on any atom is 0.228 e. The van der Waals surface area contributed by atoms with Gasteiger partial charge in [0, 0.05) is 43.2 Å². The topological polar surface area (TPSA) is 78.6 Å². The molecule has 2 heterocycles. The van der Waals surface area contributed by atoms with Crippen LogP contribution in [-0.2, 0) is 6.42 Å². The minimum atomic E-state index is 0. The van der Waals surface area contributed by atoms with E-state index >= 15 is 0 Å². The summed E-state index contributed by atoms with van der Waals surface area (Å²) < 4.78 is 5.33. The molecule has 2 aromatic rings.